The minimum Gasteiger partial charge on any atom is -0.398 e. The molecule has 4 rings (SSSR count). The predicted molar refractivity (Wildman–Crippen MR) is 77.4 cm³/mol. The average Bonchev–Trinajstić information content (AvgIpc) is 3.04. The highest BCUT2D eigenvalue weighted by Crippen LogP contribution is 2.36. The second kappa shape index (κ2) is 4.54. The number of piperidine rings is 1. The van der Waals surface area contributed by atoms with Crippen LogP contribution in [0.4, 0.5) is 5.69 Å². The third-order valence-electron chi connectivity index (χ3n) is 4.68. The minimum absolute atomic E-state index is 0.211. The number of amides is 3. The lowest BCUT2D eigenvalue weighted by molar-refractivity contribution is -0.136. The van der Waals surface area contributed by atoms with Crippen LogP contribution in [0.15, 0.2) is 6.07 Å². The maximum Gasteiger partial charge on any atom is 0.257 e. The lowest BCUT2D eigenvalue weighted by Crippen LogP contribution is -2.52. The summed E-state index contributed by atoms with van der Waals surface area (Å²) < 4.78 is 0. The molecule has 3 aliphatic heterocycles. The molecule has 114 valence electrons. The van der Waals surface area contributed by atoms with Crippen molar-refractivity contribution in [3.05, 3.63) is 28.3 Å². The summed E-state index contributed by atoms with van der Waals surface area (Å²) in [6.45, 7) is 1.85. The van der Waals surface area contributed by atoms with Gasteiger partial charge in [-0.05, 0) is 29.2 Å². The summed E-state index contributed by atoms with van der Waals surface area (Å²) in [5, 5.41) is 5.56. The lowest BCUT2D eigenvalue weighted by atomic mass is 9.98. The van der Waals surface area contributed by atoms with E-state index >= 15 is 0 Å². The Labute approximate surface area is 126 Å². The summed E-state index contributed by atoms with van der Waals surface area (Å²) in [6, 6.07) is 1.25. The van der Waals surface area contributed by atoms with E-state index in [0.29, 0.717) is 30.8 Å². The van der Waals surface area contributed by atoms with Gasteiger partial charge in [0.25, 0.3) is 5.91 Å². The highest BCUT2D eigenvalue weighted by atomic mass is 16.2. The van der Waals surface area contributed by atoms with Crippen LogP contribution >= 0.6 is 0 Å². The first-order chi connectivity index (χ1) is 10.6. The van der Waals surface area contributed by atoms with Crippen molar-refractivity contribution in [2.75, 3.05) is 5.73 Å². The van der Waals surface area contributed by atoms with Crippen LogP contribution in [0.25, 0.3) is 0 Å². The number of rotatable bonds is 1. The number of fused-ring (bicyclic) bond motifs is 3. The van der Waals surface area contributed by atoms with Gasteiger partial charge < -0.3 is 16.0 Å². The minimum atomic E-state index is -0.595. The van der Waals surface area contributed by atoms with Crippen LogP contribution in [-0.4, -0.2) is 28.7 Å². The van der Waals surface area contributed by atoms with Crippen LogP contribution in [0.3, 0.4) is 0 Å². The van der Waals surface area contributed by atoms with Gasteiger partial charge in [0.15, 0.2) is 0 Å². The van der Waals surface area contributed by atoms with E-state index in [-0.39, 0.29) is 18.2 Å². The Balaban J connectivity index is 1.72. The first kappa shape index (κ1) is 13.3. The molecule has 0 radical (unpaired) electrons. The second-order valence-corrected chi connectivity index (χ2v) is 5.96. The molecule has 3 aliphatic rings. The number of anilines is 1. The molecule has 1 saturated heterocycles. The number of nitrogen functional groups attached to an aromatic ring is 1. The summed E-state index contributed by atoms with van der Waals surface area (Å²) in [6.07, 6.45) is 0.621. The highest BCUT2D eigenvalue weighted by Gasteiger charge is 2.41. The molecule has 3 heterocycles. The van der Waals surface area contributed by atoms with Gasteiger partial charge in [-0.1, -0.05) is 0 Å². The highest BCUT2D eigenvalue weighted by molar-refractivity contribution is 6.08. The van der Waals surface area contributed by atoms with Crippen LogP contribution in [0.1, 0.15) is 39.9 Å². The maximum absolute atomic E-state index is 12.7. The van der Waals surface area contributed by atoms with Gasteiger partial charge in [-0.15, -0.1) is 0 Å². The number of nitrogens with zero attached hydrogens (tertiary/aromatic N) is 1. The molecule has 1 aromatic rings. The van der Waals surface area contributed by atoms with Gasteiger partial charge in [-0.25, -0.2) is 0 Å². The van der Waals surface area contributed by atoms with Crippen molar-refractivity contribution in [2.45, 2.75) is 38.5 Å². The molecule has 7 nitrogen and oxygen atoms in total. The quantitative estimate of drug-likeness (QED) is 0.485. The van der Waals surface area contributed by atoms with Gasteiger partial charge in [0.1, 0.15) is 6.04 Å². The molecule has 7 heteroatoms. The Morgan fingerprint density at radius 1 is 1.18 bits per heavy atom. The first-order valence-corrected chi connectivity index (χ1v) is 7.34. The van der Waals surface area contributed by atoms with Crippen molar-refractivity contribution in [1.29, 1.82) is 0 Å². The number of hydrogen-bond acceptors (Lipinski definition) is 5. The number of nitrogens with two attached hydrogens (primary N) is 1. The topological polar surface area (TPSA) is 105 Å². The maximum atomic E-state index is 12.7. The molecule has 1 atom stereocenters. The molecular weight excluding hydrogens is 284 g/mol. The van der Waals surface area contributed by atoms with Crippen molar-refractivity contribution < 1.29 is 14.4 Å². The fraction of sp³-hybridized carbons (Fsp3) is 0.400. The number of imide groups is 1. The zero-order valence-electron chi connectivity index (χ0n) is 11.9. The third-order valence-corrected chi connectivity index (χ3v) is 4.68. The van der Waals surface area contributed by atoms with Crippen LogP contribution in [0.2, 0.25) is 0 Å². The molecule has 4 N–H and O–H groups in total. The van der Waals surface area contributed by atoms with Crippen LogP contribution < -0.4 is 16.4 Å². The van der Waals surface area contributed by atoms with Crippen molar-refractivity contribution >= 4 is 23.4 Å². The normalized spacial score (nSPS) is 23.5. The van der Waals surface area contributed by atoms with Gasteiger partial charge in [0, 0.05) is 31.7 Å². The van der Waals surface area contributed by atoms with E-state index in [1.165, 1.54) is 0 Å². The Bertz CT molecular complexity index is 728. The van der Waals surface area contributed by atoms with Crippen LogP contribution in [0.5, 0.6) is 0 Å². The summed E-state index contributed by atoms with van der Waals surface area (Å²) in [4.78, 5) is 37.6. The zero-order chi connectivity index (χ0) is 15.4. The molecule has 1 unspecified atom stereocenters. The largest absolute Gasteiger partial charge is 0.398 e. The molecule has 0 aliphatic carbocycles. The monoisotopic (exact) mass is 300 g/mol. The molecule has 0 bridgehead atoms. The molecule has 1 aromatic carbocycles. The van der Waals surface area contributed by atoms with E-state index in [4.69, 9.17) is 5.73 Å². The van der Waals surface area contributed by atoms with Crippen molar-refractivity contribution in [3.8, 4) is 0 Å². The van der Waals surface area contributed by atoms with Crippen molar-refractivity contribution in [2.24, 2.45) is 0 Å². The average molecular weight is 300 g/mol. The lowest BCUT2D eigenvalue weighted by Gasteiger charge is -2.29. The molecule has 3 amide bonds. The molecule has 1 fully saturated rings. The number of hydrogen-bond donors (Lipinski definition) is 3. The van der Waals surface area contributed by atoms with Gasteiger partial charge >= 0.3 is 0 Å². The van der Waals surface area contributed by atoms with E-state index in [2.05, 4.69) is 10.6 Å². The molecule has 22 heavy (non-hydrogen) atoms. The summed E-state index contributed by atoms with van der Waals surface area (Å²) in [5.41, 5.74) is 10.2. The Morgan fingerprint density at radius 3 is 2.77 bits per heavy atom. The summed E-state index contributed by atoms with van der Waals surface area (Å²) in [5.74, 6) is -0.891. The number of carbonyl (C=O) groups is 3. The van der Waals surface area contributed by atoms with E-state index in [0.717, 1.165) is 23.2 Å². The number of benzene rings is 1. The third kappa shape index (κ3) is 1.75. The van der Waals surface area contributed by atoms with Crippen LogP contribution in [0, 0.1) is 0 Å². The fourth-order valence-corrected chi connectivity index (χ4v) is 3.61. The van der Waals surface area contributed by atoms with E-state index in [1.54, 1.807) is 4.90 Å². The van der Waals surface area contributed by atoms with E-state index in [1.807, 2.05) is 6.07 Å². The van der Waals surface area contributed by atoms with E-state index in [9.17, 15) is 14.4 Å². The molecular formula is C15H16N4O3. The zero-order valence-corrected chi connectivity index (χ0v) is 11.9. The fourth-order valence-electron chi connectivity index (χ4n) is 3.61. The Hall–Kier alpha value is -2.41. The molecule has 0 aromatic heterocycles. The van der Waals surface area contributed by atoms with Gasteiger partial charge in [0.05, 0.1) is 5.56 Å². The van der Waals surface area contributed by atoms with Gasteiger partial charge in [-0.3, -0.25) is 19.7 Å². The number of nitrogens with one attached hydrogen (secondary N) is 2. The van der Waals surface area contributed by atoms with Crippen molar-refractivity contribution in [1.82, 2.24) is 15.5 Å². The van der Waals surface area contributed by atoms with Crippen molar-refractivity contribution in [3.63, 3.8) is 0 Å². The smallest absolute Gasteiger partial charge is 0.257 e. The molecule has 0 spiro atoms. The number of carbonyl (C=O) groups excluding carboxylic acids is 3. The Kier molecular flexibility index (Phi) is 2.74. The predicted octanol–water partition coefficient (Wildman–Crippen LogP) is -0.367. The summed E-state index contributed by atoms with van der Waals surface area (Å²) in [7, 11) is 0. The SMILES string of the molecule is Nc1cc2c(c3c1C(=O)N(C1CCC(=O)NC1=O)C3)CNC2. The second-order valence-electron chi connectivity index (χ2n) is 5.96. The standard InChI is InChI=1S/C15H16N4O3/c16-10-3-7-4-17-5-8(7)9-6-19(15(22)13(9)10)11-1-2-12(20)18-14(11)21/h3,11,17H,1-2,4-6,16H2,(H,18,20,21). The van der Waals surface area contributed by atoms with Gasteiger partial charge in [-0.2, -0.15) is 0 Å². The van der Waals surface area contributed by atoms with E-state index < -0.39 is 11.9 Å². The van der Waals surface area contributed by atoms with Gasteiger partial charge in [0.2, 0.25) is 11.8 Å². The Morgan fingerprint density at radius 2 is 2.00 bits per heavy atom. The summed E-state index contributed by atoms with van der Waals surface area (Å²) >= 11 is 0. The first-order valence-electron chi connectivity index (χ1n) is 7.34. The molecule has 0 saturated carbocycles. The van der Waals surface area contributed by atoms with Crippen LogP contribution in [-0.2, 0) is 29.2 Å².